The molecular weight excluding hydrogens is 119 g/mol. The highest BCUT2D eigenvalue weighted by atomic mass is 19.1. The topological polar surface area (TPSA) is 17.1 Å². The lowest BCUT2D eigenvalue weighted by Crippen LogP contribution is -2.09. The maximum Gasteiger partial charge on any atom is 0.164 e. The van der Waals surface area contributed by atoms with Crippen molar-refractivity contribution in [2.24, 2.45) is 0 Å². The van der Waals surface area contributed by atoms with E-state index in [0.29, 0.717) is 0 Å². The van der Waals surface area contributed by atoms with Crippen LogP contribution in [0.2, 0.25) is 0 Å². The van der Waals surface area contributed by atoms with Crippen molar-refractivity contribution in [1.29, 1.82) is 0 Å². The van der Waals surface area contributed by atoms with Crippen molar-refractivity contribution < 1.29 is 9.18 Å². The number of hydrogen-bond donors (Lipinski definition) is 0. The third-order valence-corrected chi connectivity index (χ3v) is 1.02. The molecule has 0 aliphatic carbocycles. The van der Waals surface area contributed by atoms with E-state index < -0.39 is 12.0 Å². The number of hydrogen-bond acceptors (Lipinski definition) is 1. The zero-order valence-corrected chi connectivity index (χ0v) is 5.73. The van der Waals surface area contributed by atoms with Crippen molar-refractivity contribution in [3.8, 4) is 0 Å². The molecule has 52 valence electrons. The number of alkyl halides is 1. The molecule has 0 amide bonds. The molecule has 0 aliphatic rings. The van der Waals surface area contributed by atoms with Gasteiger partial charge in [-0.3, -0.25) is 4.79 Å². The third-order valence-electron chi connectivity index (χ3n) is 1.02. The van der Waals surface area contributed by atoms with Crippen molar-refractivity contribution in [3.05, 3.63) is 12.2 Å². The van der Waals surface area contributed by atoms with Gasteiger partial charge in [-0.15, -0.1) is 0 Å². The first-order valence-corrected chi connectivity index (χ1v) is 2.94. The van der Waals surface area contributed by atoms with Gasteiger partial charge < -0.3 is 0 Å². The van der Waals surface area contributed by atoms with Crippen LogP contribution in [-0.2, 0) is 4.79 Å². The summed E-state index contributed by atoms with van der Waals surface area (Å²) in [5.74, 6) is -0.395. The molecule has 0 bridgehead atoms. The molecule has 1 unspecified atom stereocenters. The molecule has 0 heterocycles. The minimum atomic E-state index is -1.30. The summed E-state index contributed by atoms with van der Waals surface area (Å²) in [4.78, 5) is 10.2. The quantitative estimate of drug-likeness (QED) is 0.533. The van der Waals surface area contributed by atoms with Gasteiger partial charge >= 0.3 is 0 Å². The molecule has 2 heteroatoms. The second kappa shape index (κ2) is 4.24. The van der Waals surface area contributed by atoms with Crippen molar-refractivity contribution in [1.82, 2.24) is 0 Å². The van der Waals surface area contributed by atoms with Gasteiger partial charge in [0.1, 0.15) is 0 Å². The molecule has 9 heavy (non-hydrogen) atoms. The number of halogens is 1. The highest BCUT2D eigenvalue weighted by Crippen LogP contribution is 1.99. The molecule has 0 saturated heterocycles. The lowest BCUT2D eigenvalue weighted by molar-refractivity contribution is -0.121. The minimum Gasteiger partial charge on any atom is -0.297 e. The van der Waals surface area contributed by atoms with Crippen molar-refractivity contribution >= 4 is 5.78 Å². The van der Waals surface area contributed by atoms with Gasteiger partial charge in [0, 0.05) is 6.42 Å². The summed E-state index contributed by atoms with van der Waals surface area (Å²) in [6, 6.07) is 0. The Morgan fingerprint density at radius 3 is 2.67 bits per heavy atom. The maximum absolute atomic E-state index is 12.3. The van der Waals surface area contributed by atoms with Crippen LogP contribution in [0.1, 0.15) is 20.3 Å². The summed E-state index contributed by atoms with van der Waals surface area (Å²) in [5, 5.41) is 0. The largest absolute Gasteiger partial charge is 0.297 e. The summed E-state index contributed by atoms with van der Waals surface area (Å²) < 4.78 is 12.3. The van der Waals surface area contributed by atoms with Crippen LogP contribution in [0.4, 0.5) is 4.39 Å². The van der Waals surface area contributed by atoms with Gasteiger partial charge in [0.2, 0.25) is 0 Å². The smallest absolute Gasteiger partial charge is 0.164 e. The van der Waals surface area contributed by atoms with E-state index in [1.54, 1.807) is 19.1 Å². The van der Waals surface area contributed by atoms with E-state index in [9.17, 15) is 9.18 Å². The zero-order valence-electron chi connectivity index (χ0n) is 5.73. The Kier molecular flexibility index (Phi) is 3.93. The summed E-state index contributed by atoms with van der Waals surface area (Å²) in [6.45, 7) is 3.06. The average Bonchev–Trinajstić information content (AvgIpc) is 1.82. The number of Topliss-reactive ketones (excluding diaryl/α,β-unsaturated/α-hetero) is 1. The van der Waals surface area contributed by atoms with Crippen LogP contribution in [0.15, 0.2) is 12.2 Å². The van der Waals surface area contributed by atoms with Gasteiger partial charge in [-0.2, -0.15) is 0 Å². The third kappa shape index (κ3) is 3.88. The number of ketones is 1. The van der Waals surface area contributed by atoms with E-state index >= 15 is 0 Å². The molecule has 0 aromatic heterocycles. The first kappa shape index (κ1) is 8.34. The summed E-state index contributed by atoms with van der Waals surface area (Å²) in [7, 11) is 0. The van der Waals surface area contributed by atoms with E-state index in [1.807, 2.05) is 0 Å². The average molecular weight is 130 g/mol. The zero-order chi connectivity index (χ0) is 7.28. The molecule has 0 saturated carbocycles. The van der Waals surface area contributed by atoms with E-state index in [4.69, 9.17) is 0 Å². The van der Waals surface area contributed by atoms with Crippen LogP contribution in [0, 0.1) is 0 Å². The van der Waals surface area contributed by atoms with Gasteiger partial charge in [-0.25, -0.2) is 4.39 Å². The van der Waals surface area contributed by atoms with Crippen LogP contribution < -0.4 is 0 Å². The fourth-order valence-corrected chi connectivity index (χ4v) is 0.422. The molecule has 0 fully saturated rings. The molecule has 1 nitrogen and oxygen atoms in total. The van der Waals surface area contributed by atoms with E-state index in [0.717, 1.165) is 0 Å². The minimum absolute atomic E-state index is 0.214. The molecule has 0 aromatic carbocycles. The van der Waals surface area contributed by atoms with Crippen LogP contribution in [0.5, 0.6) is 0 Å². The second-order valence-corrected chi connectivity index (χ2v) is 1.88. The molecule has 0 N–H and O–H groups in total. The van der Waals surface area contributed by atoms with Crippen LogP contribution in [0.3, 0.4) is 0 Å². The normalized spacial score (nSPS) is 14.1. The number of rotatable bonds is 3. The van der Waals surface area contributed by atoms with E-state index in [2.05, 4.69) is 0 Å². The first-order valence-electron chi connectivity index (χ1n) is 2.94. The molecule has 0 aromatic rings. The Balaban J connectivity index is 3.50. The van der Waals surface area contributed by atoms with Gasteiger partial charge in [-0.1, -0.05) is 12.2 Å². The van der Waals surface area contributed by atoms with Crippen LogP contribution >= 0.6 is 0 Å². The summed E-state index contributed by atoms with van der Waals surface area (Å²) >= 11 is 0. The number of carbonyl (C=O) groups is 1. The second-order valence-electron chi connectivity index (χ2n) is 1.88. The first-order chi connectivity index (χ1) is 4.18. The lowest BCUT2D eigenvalue weighted by Gasteiger charge is -1.96. The van der Waals surface area contributed by atoms with Gasteiger partial charge in [-0.05, 0) is 13.8 Å². The Morgan fingerprint density at radius 2 is 2.33 bits per heavy atom. The maximum atomic E-state index is 12.3. The number of carbonyl (C=O) groups excluding carboxylic acids is 1. The lowest BCUT2D eigenvalue weighted by atomic mass is 10.2. The molecule has 0 aliphatic heterocycles. The predicted octanol–water partition coefficient (Wildman–Crippen LogP) is 1.88. The molecule has 0 rings (SSSR count). The molecule has 0 spiro atoms. The SMILES string of the molecule is CC=CCC(F)C(C)=O. The predicted molar refractivity (Wildman–Crippen MR) is 35.0 cm³/mol. The Bertz CT molecular complexity index is 118. The van der Waals surface area contributed by atoms with Crippen molar-refractivity contribution in [3.63, 3.8) is 0 Å². The molecule has 0 radical (unpaired) electrons. The summed E-state index contributed by atoms with van der Waals surface area (Å²) in [5.41, 5.74) is 0. The van der Waals surface area contributed by atoms with Crippen LogP contribution in [-0.4, -0.2) is 12.0 Å². The standard InChI is InChI=1S/C7H11FO/c1-3-4-5-7(8)6(2)9/h3-4,7H,5H2,1-2H3. The fraction of sp³-hybridized carbons (Fsp3) is 0.571. The number of allylic oxidation sites excluding steroid dienone is 2. The molecule has 1 atom stereocenters. The van der Waals surface area contributed by atoms with Gasteiger partial charge in [0.15, 0.2) is 12.0 Å². The van der Waals surface area contributed by atoms with Gasteiger partial charge in [0.25, 0.3) is 0 Å². The summed E-state index contributed by atoms with van der Waals surface area (Å²) in [6.07, 6.45) is 2.29. The molecular formula is C7H11FO. The Hall–Kier alpha value is -0.660. The van der Waals surface area contributed by atoms with Gasteiger partial charge in [0.05, 0.1) is 0 Å². The van der Waals surface area contributed by atoms with E-state index in [1.165, 1.54) is 6.92 Å². The highest BCUT2D eigenvalue weighted by molar-refractivity contribution is 5.80. The Morgan fingerprint density at radius 1 is 1.78 bits per heavy atom. The van der Waals surface area contributed by atoms with Crippen LogP contribution in [0.25, 0.3) is 0 Å². The monoisotopic (exact) mass is 130 g/mol. The Labute approximate surface area is 54.6 Å². The van der Waals surface area contributed by atoms with Crippen molar-refractivity contribution in [2.75, 3.05) is 0 Å². The van der Waals surface area contributed by atoms with Crippen molar-refractivity contribution in [2.45, 2.75) is 26.4 Å². The highest BCUT2D eigenvalue weighted by Gasteiger charge is 2.07. The fourth-order valence-electron chi connectivity index (χ4n) is 0.422. The van der Waals surface area contributed by atoms with E-state index in [-0.39, 0.29) is 6.42 Å².